The van der Waals surface area contributed by atoms with Crippen molar-refractivity contribution in [2.24, 2.45) is 0 Å². The summed E-state index contributed by atoms with van der Waals surface area (Å²) in [6, 6.07) is 12.5. The van der Waals surface area contributed by atoms with Crippen LogP contribution in [0.4, 0.5) is 0 Å². The van der Waals surface area contributed by atoms with E-state index in [1.54, 1.807) is 0 Å². The van der Waals surface area contributed by atoms with Gasteiger partial charge in [-0.15, -0.1) is 11.6 Å². The second kappa shape index (κ2) is 4.24. The Labute approximate surface area is 95.7 Å². The van der Waals surface area contributed by atoms with Crippen molar-refractivity contribution in [1.29, 1.82) is 5.26 Å². The molecule has 0 bridgehead atoms. The van der Waals surface area contributed by atoms with Crippen LogP contribution in [0, 0.1) is 11.3 Å². The summed E-state index contributed by atoms with van der Waals surface area (Å²) in [5.41, 5.74) is 1.20. The van der Waals surface area contributed by atoms with Crippen LogP contribution in [0.2, 0.25) is 0 Å². The molecule has 1 fully saturated rings. The van der Waals surface area contributed by atoms with Crippen LogP contribution in [-0.4, -0.2) is 4.87 Å². The Morgan fingerprint density at radius 3 is 2.67 bits per heavy atom. The van der Waals surface area contributed by atoms with Crippen LogP contribution < -0.4 is 0 Å². The van der Waals surface area contributed by atoms with Crippen molar-refractivity contribution in [3.63, 3.8) is 0 Å². The van der Waals surface area contributed by atoms with E-state index in [0.717, 1.165) is 19.3 Å². The molecular formula is C13H14ClN. The van der Waals surface area contributed by atoms with E-state index in [0.29, 0.717) is 0 Å². The summed E-state index contributed by atoms with van der Waals surface area (Å²) in [4.78, 5) is -0.681. The number of hydrogen-bond donors (Lipinski definition) is 0. The van der Waals surface area contributed by atoms with Crippen LogP contribution in [-0.2, 0) is 0 Å². The smallest absolute Gasteiger partial charge is 0.137 e. The van der Waals surface area contributed by atoms with E-state index >= 15 is 0 Å². The molecule has 0 aliphatic heterocycles. The van der Waals surface area contributed by atoms with Crippen LogP contribution in [0.5, 0.6) is 0 Å². The van der Waals surface area contributed by atoms with Crippen LogP contribution in [0.1, 0.15) is 37.2 Å². The molecule has 1 aromatic carbocycles. The first-order valence-corrected chi connectivity index (χ1v) is 5.79. The van der Waals surface area contributed by atoms with Gasteiger partial charge in [0.05, 0.1) is 6.07 Å². The molecule has 0 radical (unpaired) electrons. The van der Waals surface area contributed by atoms with Gasteiger partial charge in [-0.3, -0.25) is 0 Å². The number of rotatable bonds is 1. The maximum Gasteiger partial charge on any atom is 0.137 e. The zero-order chi connectivity index (χ0) is 10.7. The van der Waals surface area contributed by atoms with Gasteiger partial charge in [-0.1, -0.05) is 43.2 Å². The van der Waals surface area contributed by atoms with Gasteiger partial charge in [0.15, 0.2) is 0 Å². The van der Waals surface area contributed by atoms with Crippen molar-refractivity contribution in [3.8, 4) is 6.07 Å². The normalized spacial score (nSPS) is 30.8. The second-order valence-corrected chi connectivity index (χ2v) is 4.86. The summed E-state index contributed by atoms with van der Waals surface area (Å²) in [6.07, 6.45) is 4.09. The summed E-state index contributed by atoms with van der Waals surface area (Å²) in [6.45, 7) is 0. The number of nitrogens with zero attached hydrogens (tertiary/aromatic N) is 1. The fourth-order valence-corrected chi connectivity index (χ4v) is 2.75. The minimum atomic E-state index is -0.681. The Morgan fingerprint density at radius 1 is 1.27 bits per heavy atom. The Hall–Kier alpha value is -1.00. The molecule has 2 unspecified atom stereocenters. The molecule has 1 nitrogen and oxygen atoms in total. The van der Waals surface area contributed by atoms with Crippen LogP contribution in [0.3, 0.4) is 0 Å². The first-order chi connectivity index (χ1) is 7.26. The average molecular weight is 220 g/mol. The summed E-state index contributed by atoms with van der Waals surface area (Å²) < 4.78 is 0. The highest BCUT2D eigenvalue weighted by atomic mass is 35.5. The summed E-state index contributed by atoms with van der Waals surface area (Å²) in [5, 5.41) is 9.20. The van der Waals surface area contributed by atoms with Gasteiger partial charge in [0.1, 0.15) is 4.87 Å². The number of benzene rings is 1. The monoisotopic (exact) mass is 219 g/mol. The predicted molar refractivity (Wildman–Crippen MR) is 61.8 cm³/mol. The molecule has 0 saturated heterocycles. The zero-order valence-corrected chi connectivity index (χ0v) is 9.37. The fourth-order valence-electron chi connectivity index (χ4n) is 2.38. The number of hydrogen-bond acceptors (Lipinski definition) is 1. The Bertz CT molecular complexity index is 368. The zero-order valence-electron chi connectivity index (χ0n) is 8.62. The molecule has 1 aliphatic rings. The van der Waals surface area contributed by atoms with E-state index in [4.69, 9.17) is 11.6 Å². The van der Waals surface area contributed by atoms with Gasteiger partial charge in [0.25, 0.3) is 0 Å². The molecule has 1 saturated carbocycles. The summed E-state index contributed by atoms with van der Waals surface area (Å²) in [7, 11) is 0. The molecule has 1 aliphatic carbocycles. The number of nitriles is 1. The molecule has 2 atom stereocenters. The molecule has 78 valence electrons. The highest BCUT2D eigenvalue weighted by Gasteiger charge is 2.39. The maximum atomic E-state index is 9.20. The first-order valence-electron chi connectivity index (χ1n) is 5.41. The van der Waals surface area contributed by atoms with Gasteiger partial charge in [0.2, 0.25) is 0 Å². The lowest BCUT2D eigenvalue weighted by Gasteiger charge is -2.34. The van der Waals surface area contributed by atoms with E-state index in [1.165, 1.54) is 12.0 Å². The van der Waals surface area contributed by atoms with E-state index in [1.807, 2.05) is 18.2 Å². The van der Waals surface area contributed by atoms with Crippen LogP contribution >= 0.6 is 11.6 Å². The van der Waals surface area contributed by atoms with Gasteiger partial charge < -0.3 is 0 Å². The largest absolute Gasteiger partial charge is 0.196 e. The lowest BCUT2D eigenvalue weighted by Crippen LogP contribution is -2.31. The van der Waals surface area contributed by atoms with E-state index in [2.05, 4.69) is 18.2 Å². The summed E-state index contributed by atoms with van der Waals surface area (Å²) >= 11 is 6.40. The molecule has 15 heavy (non-hydrogen) atoms. The molecule has 2 rings (SSSR count). The van der Waals surface area contributed by atoms with Crippen molar-refractivity contribution in [2.75, 3.05) is 0 Å². The minimum Gasteiger partial charge on any atom is -0.196 e. The van der Waals surface area contributed by atoms with Gasteiger partial charge in [-0.05, 0) is 18.4 Å². The van der Waals surface area contributed by atoms with E-state index < -0.39 is 4.87 Å². The predicted octanol–water partition coefficient (Wildman–Crippen LogP) is 3.85. The third-order valence-corrected chi connectivity index (χ3v) is 3.76. The highest BCUT2D eigenvalue weighted by molar-refractivity contribution is 6.26. The Morgan fingerprint density at radius 2 is 2.00 bits per heavy atom. The number of halogens is 1. The quantitative estimate of drug-likeness (QED) is 0.659. The maximum absolute atomic E-state index is 9.20. The lowest BCUT2D eigenvalue weighted by molar-refractivity contribution is 0.394. The third kappa shape index (κ3) is 2.01. The molecule has 0 amide bonds. The van der Waals surface area contributed by atoms with Crippen molar-refractivity contribution < 1.29 is 0 Å². The molecular weight excluding hydrogens is 206 g/mol. The Balaban J connectivity index is 2.31. The first kappa shape index (κ1) is 10.5. The van der Waals surface area contributed by atoms with Gasteiger partial charge in [-0.2, -0.15) is 5.26 Å². The number of alkyl halides is 1. The SMILES string of the molecule is N#CC1(Cl)CCCCC1c1ccccc1. The van der Waals surface area contributed by atoms with Gasteiger partial charge in [-0.25, -0.2) is 0 Å². The van der Waals surface area contributed by atoms with Crippen LogP contribution in [0.15, 0.2) is 30.3 Å². The molecule has 0 heterocycles. The van der Waals surface area contributed by atoms with E-state index in [-0.39, 0.29) is 5.92 Å². The second-order valence-electron chi connectivity index (χ2n) is 4.18. The molecule has 1 aromatic rings. The third-order valence-electron chi connectivity index (χ3n) is 3.22. The van der Waals surface area contributed by atoms with Crippen molar-refractivity contribution in [2.45, 2.75) is 36.5 Å². The highest BCUT2D eigenvalue weighted by Crippen LogP contribution is 2.44. The van der Waals surface area contributed by atoms with Crippen molar-refractivity contribution in [3.05, 3.63) is 35.9 Å². The van der Waals surface area contributed by atoms with Crippen molar-refractivity contribution >= 4 is 11.6 Å². The minimum absolute atomic E-state index is 0.194. The Kier molecular flexibility index (Phi) is 2.98. The van der Waals surface area contributed by atoms with E-state index in [9.17, 15) is 5.26 Å². The lowest BCUT2D eigenvalue weighted by atomic mass is 9.75. The topological polar surface area (TPSA) is 23.8 Å². The molecule has 0 spiro atoms. The average Bonchev–Trinajstić information content (AvgIpc) is 2.31. The molecule has 0 N–H and O–H groups in total. The summed E-state index contributed by atoms with van der Waals surface area (Å²) in [5.74, 6) is 0.194. The van der Waals surface area contributed by atoms with Gasteiger partial charge in [0, 0.05) is 5.92 Å². The van der Waals surface area contributed by atoms with Crippen molar-refractivity contribution in [1.82, 2.24) is 0 Å². The van der Waals surface area contributed by atoms with Crippen LogP contribution in [0.25, 0.3) is 0 Å². The molecule has 2 heteroatoms. The van der Waals surface area contributed by atoms with Gasteiger partial charge >= 0.3 is 0 Å². The fraction of sp³-hybridized carbons (Fsp3) is 0.462. The standard InChI is InChI=1S/C13H14ClN/c14-13(10-15)9-5-4-8-12(13)11-6-2-1-3-7-11/h1-3,6-7,12H,4-5,8-9H2. The molecule has 0 aromatic heterocycles.